The molecule has 0 radical (unpaired) electrons. The molecule has 0 unspecified atom stereocenters. The molecule has 1 amide bonds. The van der Waals surface area contributed by atoms with Gasteiger partial charge in [-0.1, -0.05) is 0 Å². The quantitative estimate of drug-likeness (QED) is 0.863. The Morgan fingerprint density at radius 3 is 2.90 bits per heavy atom. The molecule has 0 aromatic heterocycles. The van der Waals surface area contributed by atoms with Gasteiger partial charge in [0.1, 0.15) is 0 Å². The highest BCUT2D eigenvalue weighted by molar-refractivity contribution is 5.90. The zero-order valence-corrected chi connectivity index (χ0v) is 11.7. The van der Waals surface area contributed by atoms with E-state index in [1.165, 1.54) is 0 Å². The average Bonchev–Trinajstić information content (AvgIpc) is 2.46. The van der Waals surface area contributed by atoms with Gasteiger partial charge in [0.15, 0.2) is 0 Å². The van der Waals surface area contributed by atoms with Gasteiger partial charge in [0.2, 0.25) is 5.91 Å². The lowest BCUT2D eigenvalue weighted by Gasteiger charge is -2.31. The standard InChI is InChI=1S/C15H20N4O/c1-12-11-19(9-7-17-12)8-6-15(20)18-14-4-2-13(10-16)3-5-14/h2-5,12,17H,6-9,11H2,1H3,(H,18,20)/t12-/m1/s1. The molecule has 1 atom stereocenters. The predicted octanol–water partition coefficient (Wildman–Crippen LogP) is 1.18. The van der Waals surface area contributed by atoms with E-state index in [0.29, 0.717) is 18.0 Å². The molecule has 5 nitrogen and oxygen atoms in total. The van der Waals surface area contributed by atoms with Crippen LogP contribution in [0.15, 0.2) is 24.3 Å². The van der Waals surface area contributed by atoms with Gasteiger partial charge in [0.05, 0.1) is 11.6 Å². The molecule has 1 heterocycles. The summed E-state index contributed by atoms with van der Waals surface area (Å²) in [5.74, 6) is 0.0147. The lowest BCUT2D eigenvalue weighted by molar-refractivity contribution is -0.116. The fourth-order valence-corrected chi connectivity index (χ4v) is 2.33. The third kappa shape index (κ3) is 4.34. The smallest absolute Gasteiger partial charge is 0.225 e. The Balaban J connectivity index is 1.76. The maximum absolute atomic E-state index is 11.9. The first-order chi connectivity index (χ1) is 9.67. The van der Waals surface area contributed by atoms with Gasteiger partial charge in [0.25, 0.3) is 0 Å². The van der Waals surface area contributed by atoms with Crippen LogP contribution in [0.4, 0.5) is 5.69 Å². The SMILES string of the molecule is C[C@@H]1CN(CCC(=O)Nc2ccc(C#N)cc2)CCN1. The Morgan fingerprint density at radius 2 is 2.25 bits per heavy atom. The average molecular weight is 272 g/mol. The van der Waals surface area contributed by atoms with Crippen LogP contribution in [-0.4, -0.2) is 43.0 Å². The Kier molecular flexibility index (Phi) is 5.10. The van der Waals surface area contributed by atoms with Gasteiger partial charge >= 0.3 is 0 Å². The van der Waals surface area contributed by atoms with Gasteiger partial charge in [0, 0.05) is 44.3 Å². The Morgan fingerprint density at radius 1 is 1.50 bits per heavy atom. The number of nitriles is 1. The molecule has 1 saturated heterocycles. The van der Waals surface area contributed by atoms with Crippen LogP contribution in [0.2, 0.25) is 0 Å². The molecule has 1 fully saturated rings. The number of rotatable bonds is 4. The summed E-state index contributed by atoms with van der Waals surface area (Å²) in [7, 11) is 0. The van der Waals surface area contributed by atoms with Crippen LogP contribution in [-0.2, 0) is 4.79 Å². The second-order valence-corrected chi connectivity index (χ2v) is 5.14. The lowest BCUT2D eigenvalue weighted by Crippen LogP contribution is -2.49. The molecule has 0 spiro atoms. The van der Waals surface area contributed by atoms with Crippen LogP contribution in [0, 0.1) is 11.3 Å². The number of carbonyl (C=O) groups excluding carboxylic acids is 1. The summed E-state index contributed by atoms with van der Waals surface area (Å²) >= 11 is 0. The van der Waals surface area contributed by atoms with E-state index in [4.69, 9.17) is 5.26 Å². The number of nitrogens with one attached hydrogen (secondary N) is 2. The molecule has 1 aliphatic heterocycles. The van der Waals surface area contributed by atoms with Crippen molar-refractivity contribution in [1.82, 2.24) is 10.2 Å². The number of benzene rings is 1. The molecule has 5 heteroatoms. The topological polar surface area (TPSA) is 68.2 Å². The van der Waals surface area contributed by atoms with E-state index in [0.717, 1.165) is 31.9 Å². The molecule has 1 aliphatic rings. The van der Waals surface area contributed by atoms with Crippen LogP contribution < -0.4 is 10.6 Å². The minimum absolute atomic E-state index is 0.0147. The summed E-state index contributed by atoms with van der Waals surface area (Å²) in [5, 5.41) is 14.9. The zero-order valence-electron chi connectivity index (χ0n) is 11.7. The highest BCUT2D eigenvalue weighted by atomic mass is 16.1. The van der Waals surface area contributed by atoms with Crippen molar-refractivity contribution >= 4 is 11.6 Å². The third-order valence-corrected chi connectivity index (χ3v) is 3.41. The van der Waals surface area contributed by atoms with Gasteiger partial charge in [-0.15, -0.1) is 0 Å². The number of hydrogen-bond acceptors (Lipinski definition) is 4. The third-order valence-electron chi connectivity index (χ3n) is 3.41. The van der Waals surface area contributed by atoms with Gasteiger partial charge in [-0.25, -0.2) is 0 Å². The van der Waals surface area contributed by atoms with E-state index in [1.807, 2.05) is 0 Å². The van der Waals surface area contributed by atoms with E-state index in [1.54, 1.807) is 24.3 Å². The number of nitrogens with zero attached hydrogens (tertiary/aromatic N) is 2. The molecule has 20 heavy (non-hydrogen) atoms. The Bertz CT molecular complexity index is 492. The van der Waals surface area contributed by atoms with Crippen LogP contribution in [0.25, 0.3) is 0 Å². The van der Waals surface area contributed by atoms with Crippen molar-refractivity contribution in [3.8, 4) is 6.07 Å². The normalized spacial score (nSPS) is 19.3. The van der Waals surface area contributed by atoms with Gasteiger partial charge < -0.3 is 15.5 Å². The zero-order chi connectivity index (χ0) is 14.4. The maximum Gasteiger partial charge on any atom is 0.225 e. The Labute approximate surface area is 119 Å². The van der Waals surface area contributed by atoms with Crippen LogP contribution >= 0.6 is 0 Å². The van der Waals surface area contributed by atoms with Crippen molar-refractivity contribution in [2.75, 3.05) is 31.5 Å². The van der Waals surface area contributed by atoms with Crippen molar-refractivity contribution in [1.29, 1.82) is 5.26 Å². The molecule has 1 aromatic rings. The Hall–Kier alpha value is -1.90. The summed E-state index contributed by atoms with van der Waals surface area (Å²) in [6.45, 7) is 5.91. The van der Waals surface area contributed by atoms with E-state index in [2.05, 4.69) is 28.5 Å². The van der Waals surface area contributed by atoms with Gasteiger partial charge in [-0.3, -0.25) is 4.79 Å². The largest absolute Gasteiger partial charge is 0.326 e. The number of hydrogen-bond donors (Lipinski definition) is 2. The first kappa shape index (κ1) is 14.5. The molecule has 0 bridgehead atoms. The van der Waals surface area contributed by atoms with Crippen molar-refractivity contribution in [3.63, 3.8) is 0 Å². The highest BCUT2D eigenvalue weighted by Gasteiger charge is 2.16. The highest BCUT2D eigenvalue weighted by Crippen LogP contribution is 2.09. The van der Waals surface area contributed by atoms with Crippen LogP contribution in [0.5, 0.6) is 0 Å². The first-order valence-corrected chi connectivity index (χ1v) is 6.93. The summed E-state index contributed by atoms with van der Waals surface area (Å²) in [6, 6.07) is 9.46. The van der Waals surface area contributed by atoms with Crippen molar-refractivity contribution in [2.45, 2.75) is 19.4 Å². The van der Waals surface area contributed by atoms with Gasteiger partial charge in [-0.05, 0) is 31.2 Å². The molecule has 2 N–H and O–H groups in total. The fraction of sp³-hybridized carbons (Fsp3) is 0.467. The van der Waals surface area contributed by atoms with E-state index in [-0.39, 0.29) is 5.91 Å². The monoisotopic (exact) mass is 272 g/mol. The fourth-order valence-electron chi connectivity index (χ4n) is 2.33. The second kappa shape index (κ2) is 7.04. The van der Waals surface area contributed by atoms with Crippen LogP contribution in [0.1, 0.15) is 18.9 Å². The molecular weight excluding hydrogens is 252 g/mol. The van der Waals surface area contributed by atoms with Crippen molar-refractivity contribution in [3.05, 3.63) is 29.8 Å². The number of anilines is 1. The van der Waals surface area contributed by atoms with Gasteiger partial charge in [-0.2, -0.15) is 5.26 Å². The maximum atomic E-state index is 11.9. The number of carbonyl (C=O) groups is 1. The summed E-state index contributed by atoms with van der Waals surface area (Å²) < 4.78 is 0. The molecule has 0 saturated carbocycles. The van der Waals surface area contributed by atoms with E-state index in [9.17, 15) is 4.79 Å². The van der Waals surface area contributed by atoms with E-state index >= 15 is 0 Å². The van der Waals surface area contributed by atoms with E-state index < -0.39 is 0 Å². The van der Waals surface area contributed by atoms with Crippen LogP contribution in [0.3, 0.4) is 0 Å². The molecule has 1 aromatic carbocycles. The van der Waals surface area contributed by atoms with Crippen molar-refractivity contribution in [2.24, 2.45) is 0 Å². The summed E-state index contributed by atoms with van der Waals surface area (Å²) in [6.07, 6.45) is 0.493. The lowest BCUT2D eigenvalue weighted by atomic mass is 10.2. The summed E-state index contributed by atoms with van der Waals surface area (Å²) in [5.41, 5.74) is 1.33. The summed E-state index contributed by atoms with van der Waals surface area (Å²) in [4.78, 5) is 14.2. The first-order valence-electron chi connectivity index (χ1n) is 6.93. The molecule has 0 aliphatic carbocycles. The van der Waals surface area contributed by atoms with Crippen molar-refractivity contribution < 1.29 is 4.79 Å². The predicted molar refractivity (Wildman–Crippen MR) is 78.3 cm³/mol. The molecule has 106 valence electrons. The number of piperazine rings is 1. The molecular formula is C15H20N4O. The second-order valence-electron chi connectivity index (χ2n) is 5.14. The molecule has 2 rings (SSSR count). The number of amides is 1. The minimum atomic E-state index is 0.0147. The minimum Gasteiger partial charge on any atom is -0.326 e.